The van der Waals surface area contributed by atoms with Crippen molar-refractivity contribution in [3.63, 3.8) is 0 Å². The van der Waals surface area contributed by atoms with E-state index < -0.39 is 6.09 Å². The van der Waals surface area contributed by atoms with Gasteiger partial charge in [-0.05, 0) is 75.6 Å². The molecule has 10 heteroatoms. The second kappa shape index (κ2) is 14.1. The summed E-state index contributed by atoms with van der Waals surface area (Å²) in [5, 5.41) is 8.97. The highest BCUT2D eigenvalue weighted by Gasteiger charge is 2.28. The van der Waals surface area contributed by atoms with Crippen LogP contribution in [-0.2, 0) is 14.3 Å². The zero-order valence-electron chi connectivity index (χ0n) is 22.9. The van der Waals surface area contributed by atoms with Crippen LogP contribution in [0.25, 0.3) is 11.3 Å². The molecule has 6 N–H and O–H groups in total. The minimum absolute atomic E-state index is 0.000578. The van der Waals surface area contributed by atoms with Gasteiger partial charge in [0.25, 0.3) is 0 Å². The van der Waals surface area contributed by atoms with Crippen LogP contribution in [0.1, 0.15) is 89.4 Å². The molecule has 0 unspecified atom stereocenters. The normalized spacial score (nSPS) is 21.5. The SMILES string of the molecule is CCCCCOC(=O)Nc1ccc2c(c1)NC(=O)CCCC[C@H](NC(=O)C1CCC(CN)CC1)c1ncc-2[nH]1. The summed E-state index contributed by atoms with van der Waals surface area (Å²) in [7, 11) is 0. The van der Waals surface area contributed by atoms with Crippen molar-refractivity contribution in [2.24, 2.45) is 17.6 Å². The molecule has 1 aliphatic heterocycles. The van der Waals surface area contributed by atoms with Crippen LogP contribution in [0.2, 0.25) is 0 Å². The van der Waals surface area contributed by atoms with Crippen molar-refractivity contribution in [2.45, 2.75) is 83.6 Å². The van der Waals surface area contributed by atoms with E-state index in [2.05, 4.69) is 32.8 Å². The third kappa shape index (κ3) is 8.05. The first-order chi connectivity index (χ1) is 19.0. The fourth-order valence-corrected chi connectivity index (χ4v) is 5.36. The van der Waals surface area contributed by atoms with Crippen molar-refractivity contribution in [3.05, 3.63) is 30.2 Å². The summed E-state index contributed by atoms with van der Waals surface area (Å²) >= 11 is 0. The van der Waals surface area contributed by atoms with Crippen LogP contribution in [0.4, 0.5) is 16.2 Å². The molecule has 1 fully saturated rings. The number of aromatic amines is 1. The molecule has 39 heavy (non-hydrogen) atoms. The van der Waals surface area contributed by atoms with Gasteiger partial charge in [0.15, 0.2) is 0 Å². The highest BCUT2D eigenvalue weighted by Crippen LogP contribution is 2.33. The Kier molecular flexibility index (Phi) is 10.4. The summed E-state index contributed by atoms with van der Waals surface area (Å²) in [6, 6.07) is 5.06. The maximum Gasteiger partial charge on any atom is 0.411 e. The third-order valence-electron chi connectivity index (χ3n) is 7.75. The Morgan fingerprint density at radius 2 is 1.95 bits per heavy atom. The van der Waals surface area contributed by atoms with Gasteiger partial charge in [-0.25, -0.2) is 9.78 Å². The molecule has 212 valence electrons. The number of anilines is 2. The van der Waals surface area contributed by atoms with Gasteiger partial charge < -0.3 is 26.1 Å². The Morgan fingerprint density at radius 3 is 2.72 bits per heavy atom. The molecule has 2 heterocycles. The lowest BCUT2D eigenvalue weighted by Crippen LogP contribution is -2.37. The lowest BCUT2D eigenvalue weighted by molar-refractivity contribution is -0.127. The van der Waals surface area contributed by atoms with E-state index in [4.69, 9.17) is 10.5 Å². The van der Waals surface area contributed by atoms with Crippen molar-refractivity contribution in [2.75, 3.05) is 23.8 Å². The van der Waals surface area contributed by atoms with Crippen LogP contribution in [-0.4, -0.2) is 41.0 Å². The molecule has 1 saturated carbocycles. The maximum atomic E-state index is 13.1. The van der Waals surface area contributed by atoms with Gasteiger partial charge in [-0.15, -0.1) is 0 Å². The van der Waals surface area contributed by atoms with E-state index in [9.17, 15) is 14.4 Å². The molecule has 0 radical (unpaired) electrons. The van der Waals surface area contributed by atoms with Crippen molar-refractivity contribution in [1.82, 2.24) is 15.3 Å². The highest BCUT2D eigenvalue weighted by molar-refractivity contribution is 5.97. The van der Waals surface area contributed by atoms with Crippen molar-refractivity contribution >= 4 is 29.3 Å². The molecular formula is C29H42N6O4. The summed E-state index contributed by atoms with van der Waals surface area (Å²) in [4.78, 5) is 46.1. The zero-order valence-corrected chi connectivity index (χ0v) is 22.9. The predicted molar refractivity (Wildman–Crippen MR) is 151 cm³/mol. The number of H-pyrrole nitrogens is 1. The summed E-state index contributed by atoms with van der Waals surface area (Å²) in [5.74, 6) is 1.18. The van der Waals surface area contributed by atoms with E-state index in [-0.39, 0.29) is 23.8 Å². The van der Waals surface area contributed by atoms with Gasteiger partial charge in [0.05, 0.1) is 30.2 Å². The van der Waals surface area contributed by atoms with E-state index in [0.29, 0.717) is 55.5 Å². The number of fused-ring (bicyclic) bond motifs is 4. The highest BCUT2D eigenvalue weighted by atomic mass is 16.5. The smallest absolute Gasteiger partial charge is 0.411 e. The second-order valence-corrected chi connectivity index (χ2v) is 10.7. The number of aromatic nitrogens is 2. The number of carbonyl (C=O) groups excluding carboxylic acids is 3. The molecule has 4 rings (SSSR count). The van der Waals surface area contributed by atoms with E-state index in [1.165, 1.54) is 0 Å². The second-order valence-electron chi connectivity index (χ2n) is 10.7. The fraction of sp³-hybridized carbons (Fsp3) is 0.586. The number of nitrogens with two attached hydrogens (primary N) is 1. The van der Waals surface area contributed by atoms with Crippen LogP contribution in [0.3, 0.4) is 0 Å². The lowest BCUT2D eigenvalue weighted by atomic mass is 9.81. The number of hydrogen-bond acceptors (Lipinski definition) is 6. The summed E-state index contributed by atoms with van der Waals surface area (Å²) in [5.41, 5.74) is 8.37. The Labute approximate surface area is 230 Å². The van der Waals surface area contributed by atoms with Gasteiger partial charge in [-0.1, -0.05) is 26.2 Å². The molecule has 0 saturated heterocycles. The number of amides is 3. The van der Waals surface area contributed by atoms with Gasteiger partial charge in [0.2, 0.25) is 11.8 Å². The largest absolute Gasteiger partial charge is 0.449 e. The molecule has 1 atom stereocenters. The predicted octanol–water partition coefficient (Wildman–Crippen LogP) is 5.25. The Morgan fingerprint density at radius 1 is 1.13 bits per heavy atom. The van der Waals surface area contributed by atoms with Crippen LogP contribution in [0.5, 0.6) is 0 Å². The fourth-order valence-electron chi connectivity index (χ4n) is 5.36. The van der Waals surface area contributed by atoms with Gasteiger partial charge in [0, 0.05) is 23.6 Å². The molecular weight excluding hydrogens is 496 g/mol. The Balaban J connectivity index is 1.49. The molecule has 10 nitrogen and oxygen atoms in total. The summed E-state index contributed by atoms with van der Waals surface area (Å²) in [6.45, 7) is 3.14. The molecule has 0 spiro atoms. The van der Waals surface area contributed by atoms with Crippen molar-refractivity contribution in [3.8, 4) is 11.3 Å². The molecule has 1 aromatic carbocycles. The Hall–Kier alpha value is -3.40. The van der Waals surface area contributed by atoms with Gasteiger partial charge in [0.1, 0.15) is 5.82 Å². The summed E-state index contributed by atoms with van der Waals surface area (Å²) in [6.07, 6.45) is 10.3. The minimum atomic E-state index is -0.524. The monoisotopic (exact) mass is 538 g/mol. The van der Waals surface area contributed by atoms with Crippen LogP contribution >= 0.6 is 0 Å². The number of unbranched alkanes of at least 4 members (excludes halogenated alkanes) is 2. The van der Waals surface area contributed by atoms with Crippen LogP contribution < -0.4 is 21.7 Å². The van der Waals surface area contributed by atoms with E-state index in [1.54, 1.807) is 18.3 Å². The number of carbonyl (C=O) groups is 3. The Bertz CT molecular complexity index is 1120. The van der Waals surface area contributed by atoms with Gasteiger partial charge in [-0.3, -0.25) is 14.9 Å². The average molecular weight is 539 g/mol. The average Bonchev–Trinajstić information content (AvgIpc) is 3.42. The molecule has 2 aromatic rings. The number of nitrogens with one attached hydrogen (secondary N) is 4. The standard InChI is InChI=1S/C29H42N6O4/c1-2-3-6-15-39-29(38)32-21-13-14-22-24(16-21)33-26(36)8-5-4-7-23(27-31-18-25(22)34-27)35-28(37)20-11-9-19(17-30)10-12-20/h13-14,16,18-20,23H,2-12,15,17,30H2,1H3,(H,31,34)(H,32,38)(H,33,36)(H,35,37)/t19?,20?,23-/m0/s1. The molecule has 3 amide bonds. The first-order valence-corrected chi connectivity index (χ1v) is 14.4. The zero-order chi connectivity index (χ0) is 27.6. The quantitative estimate of drug-likeness (QED) is 0.290. The molecule has 2 bridgehead atoms. The number of nitrogens with zero attached hydrogens (tertiary/aromatic N) is 1. The number of imidazole rings is 1. The maximum absolute atomic E-state index is 13.1. The van der Waals surface area contributed by atoms with E-state index >= 15 is 0 Å². The topological polar surface area (TPSA) is 151 Å². The molecule has 1 aliphatic carbocycles. The van der Waals surface area contributed by atoms with Gasteiger partial charge in [-0.2, -0.15) is 0 Å². The van der Waals surface area contributed by atoms with Crippen molar-refractivity contribution in [1.29, 1.82) is 0 Å². The minimum Gasteiger partial charge on any atom is -0.449 e. The first kappa shape index (κ1) is 28.6. The number of hydrogen-bond donors (Lipinski definition) is 5. The van der Waals surface area contributed by atoms with Gasteiger partial charge >= 0.3 is 6.09 Å². The van der Waals surface area contributed by atoms with E-state index in [0.717, 1.165) is 62.6 Å². The van der Waals surface area contributed by atoms with E-state index in [1.807, 2.05) is 6.07 Å². The number of ether oxygens (including phenoxy) is 1. The third-order valence-corrected chi connectivity index (χ3v) is 7.75. The number of rotatable bonds is 8. The van der Waals surface area contributed by atoms with Crippen LogP contribution in [0, 0.1) is 11.8 Å². The molecule has 1 aromatic heterocycles. The number of benzene rings is 1. The first-order valence-electron chi connectivity index (χ1n) is 14.4. The van der Waals surface area contributed by atoms with Crippen LogP contribution in [0.15, 0.2) is 24.4 Å². The molecule has 2 aliphatic rings. The summed E-state index contributed by atoms with van der Waals surface area (Å²) < 4.78 is 5.25. The van der Waals surface area contributed by atoms with Crippen molar-refractivity contribution < 1.29 is 19.1 Å². The lowest BCUT2D eigenvalue weighted by Gasteiger charge is -2.28.